The molecule has 1 aliphatic heterocycles. The molecule has 0 saturated heterocycles. The van der Waals surface area contributed by atoms with Gasteiger partial charge in [-0.05, 0) is 18.8 Å². The summed E-state index contributed by atoms with van der Waals surface area (Å²) in [6.07, 6.45) is 8.04. The van der Waals surface area contributed by atoms with Crippen molar-refractivity contribution in [1.29, 1.82) is 0 Å². The fourth-order valence-electron chi connectivity index (χ4n) is 3.41. The minimum atomic E-state index is 0.501. The highest BCUT2D eigenvalue weighted by Gasteiger charge is 2.24. The third-order valence-electron chi connectivity index (χ3n) is 4.50. The molecule has 2 heterocycles. The molecule has 0 spiro atoms. The van der Waals surface area contributed by atoms with Gasteiger partial charge in [0.2, 0.25) is 0 Å². The predicted octanol–water partition coefficient (Wildman–Crippen LogP) is 3.64. The van der Waals surface area contributed by atoms with Crippen molar-refractivity contribution in [2.24, 2.45) is 0 Å². The Morgan fingerprint density at radius 3 is 2.42 bits per heavy atom. The Labute approximate surface area is 116 Å². The number of nitrogens with zero attached hydrogens (tertiary/aromatic N) is 2. The molecule has 3 rings (SSSR count). The van der Waals surface area contributed by atoms with Crippen molar-refractivity contribution in [3.05, 3.63) is 22.8 Å². The van der Waals surface area contributed by atoms with Crippen molar-refractivity contribution in [1.82, 2.24) is 15.3 Å². The van der Waals surface area contributed by atoms with Gasteiger partial charge in [0.25, 0.3) is 0 Å². The van der Waals surface area contributed by atoms with Gasteiger partial charge in [0.15, 0.2) is 0 Å². The first-order chi connectivity index (χ1) is 9.25. The Kier molecular flexibility index (Phi) is 3.83. The smallest absolute Gasteiger partial charge is 0.132 e. The van der Waals surface area contributed by atoms with Crippen LogP contribution < -0.4 is 5.32 Å². The maximum Gasteiger partial charge on any atom is 0.132 e. The monoisotopic (exact) mass is 259 g/mol. The highest BCUT2D eigenvalue weighted by Crippen LogP contribution is 2.32. The molecule has 0 aromatic carbocycles. The number of rotatable bonds is 2. The summed E-state index contributed by atoms with van der Waals surface area (Å²) < 4.78 is 0. The molecule has 3 heteroatoms. The highest BCUT2D eigenvalue weighted by atomic mass is 15.0. The highest BCUT2D eigenvalue weighted by molar-refractivity contribution is 5.31. The van der Waals surface area contributed by atoms with Crippen molar-refractivity contribution in [2.45, 2.75) is 77.3 Å². The minimum Gasteiger partial charge on any atom is -0.307 e. The largest absolute Gasteiger partial charge is 0.307 e. The van der Waals surface area contributed by atoms with E-state index in [9.17, 15) is 0 Å². The van der Waals surface area contributed by atoms with Crippen molar-refractivity contribution >= 4 is 0 Å². The van der Waals surface area contributed by atoms with E-state index in [1.807, 2.05) is 0 Å². The molecule has 0 unspecified atom stereocenters. The maximum absolute atomic E-state index is 4.96. The second-order valence-electron chi connectivity index (χ2n) is 6.34. The molecule has 1 aliphatic carbocycles. The molecule has 104 valence electrons. The molecule has 0 atom stereocenters. The summed E-state index contributed by atoms with van der Waals surface area (Å²) in [4.78, 5) is 9.85. The van der Waals surface area contributed by atoms with E-state index in [2.05, 4.69) is 19.2 Å². The van der Waals surface area contributed by atoms with Gasteiger partial charge in [-0.3, -0.25) is 0 Å². The quantitative estimate of drug-likeness (QED) is 0.824. The zero-order valence-electron chi connectivity index (χ0n) is 12.2. The van der Waals surface area contributed by atoms with Crippen LogP contribution in [0.25, 0.3) is 0 Å². The minimum absolute atomic E-state index is 0.501. The molecular weight excluding hydrogens is 234 g/mol. The van der Waals surface area contributed by atoms with E-state index in [1.165, 1.54) is 55.5 Å². The average molecular weight is 259 g/mol. The first-order valence-corrected chi connectivity index (χ1v) is 7.86. The lowest BCUT2D eigenvalue weighted by Gasteiger charge is -2.17. The third kappa shape index (κ3) is 2.66. The number of hydrogen-bond acceptors (Lipinski definition) is 3. The van der Waals surface area contributed by atoms with Crippen LogP contribution >= 0.6 is 0 Å². The fourth-order valence-corrected chi connectivity index (χ4v) is 3.41. The van der Waals surface area contributed by atoms with E-state index >= 15 is 0 Å². The molecule has 0 radical (unpaired) electrons. The van der Waals surface area contributed by atoms with Crippen LogP contribution in [0.4, 0.5) is 0 Å². The number of aromatic nitrogens is 2. The lowest BCUT2D eigenvalue weighted by Crippen LogP contribution is -2.11. The standard InChI is InChI=1S/C16H25N3/c1-11(2)15-13-9-17-10-14(13)18-16(19-15)12-7-5-3-4-6-8-12/h11-12,17H,3-10H2,1-2H3. The van der Waals surface area contributed by atoms with Crippen molar-refractivity contribution in [3.63, 3.8) is 0 Å². The summed E-state index contributed by atoms with van der Waals surface area (Å²) in [5.74, 6) is 2.24. The molecular formula is C16H25N3. The summed E-state index contributed by atoms with van der Waals surface area (Å²) >= 11 is 0. The second kappa shape index (κ2) is 5.58. The Bertz CT molecular complexity index is 446. The topological polar surface area (TPSA) is 37.8 Å². The number of nitrogens with one attached hydrogen (secondary N) is 1. The predicted molar refractivity (Wildman–Crippen MR) is 77.1 cm³/mol. The van der Waals surface area contributed by atoms with E-state index in [4.69, 9.17) is 9.97 Å². The Morgan fingerprint density at radius 2 is 1.74 bits per heavy atom. The molecule has 0 bridgehead atoms. The normalized spacial score (nSPS) is 20.6. The lowest BCUT2D eigenvalue weighted by atomic mass is 9.97. The van der Waals surface area contributed by atoms with E-state index in [0.717, 1.165) is 18.9 Å². The van der Waals surface area contributed by atoms with Crippen LogP contribution in [-0.2, 0) is 13.1 Å². The molecule has 3 nitrogen and oxygen atoms in total. The van der Waals surface area contributed by atoms with Gasteiger partial charge < -0.3 is 5.32 Å². The third-order valence-corrected chi connectivity index (χ3v) is 4.50. The number of fused-ring (bicyclic) bond motifs is 1. The van der Waals surface area contributed by atoms with Gasteiger partial charge in [0.05, 0.1) is 11.4 Å². The first-order valence-electron chi connectivity index (χ1n) is 7.86. The Hall–Kier alpha value is -0.960. The molecule has 1 fully saturated rings. The summed E-state index contributed by atoms with van der Waals surface area (Å²) in [5, 5.41) is 3.42. The molecule has 1 N–H and O–H groups in total. The van der Waals surface area contributed by atoms with Crippen LogP contribution in [0.1, 0.15) is 87.0 Å². The molecule has 0 amide bonds. The fraction of sp³-hybridized carbons (Fsp3) is 0.750. The zero-order valence-corrected chi connectivity index (χ0v) is 12.2. The van der Waals surface area contributed by atoms with E-state index < -0.39 is 0 Å². The van der Waals surface area contributed by atoms with Crippen LogP contribution in [0.5, 0.6) is 0 Å². The average Bonchev–Trinajstić information content (AvgIpc) is 2.70. The van der Waals surface area contributed by atoms with Gasteiger partial charge in [0.1, 0.15) is 5.82 Å². The van der Waals surface area contributed by atoms with Crippen LogP contribution in [0, 0.1) is 0 Å². The van der Waals surface area contributed by atoms with Crippen molar-refractivity contribution in [3.8, 4) is 0 Å². The van der Waals surface area contributed by atoms with E-state index in [1.54, 1.807) is 0 Å². The SMILES string of the molecule is CC(C)c1nc(C2CCCCCC2)nc2c1CNC2. The van der Waals surface area contributed by atoms with Gasteiger partial charge in [-0.25, -0.2) is 9.97 Å². The van der Waals surface area contributed by atoms with Gasteiger partial charge >= 0.3 is 0 Å². The van der Waals surface area contributed by atoms with Gasteiger partial charge in [-0.2, -0.15) is 0 Å². The zero-order chi connectivity index (χ0) is 13.2. The lowest BCUT2D eigenvalue weighted by molar-refractivity contribution is 0.551. The van der Waals surface area contributed by atoms with Crippen LogP contribution in [-0.4, -0.2) is 9.97 Å². The Balaban J connectivity index is 1.95. The van der Waals surface area contributed by atoms with Crippen LogP contribution in [0.3, 0.4) is 0 Å². The van der Waals surface area contributed by atoms with Crippen molar-refractivity contribution < 1.29 is 0 Å². The van der Waals surface area contributed by atoms with Crippen LogP contribution in [0.15, 0.2) is 0 Å². The van der Waals surface area contributed by atoms with Gasteiger partial charge in [-0.15, -0.1) is 0 Å². The summed E-state index contributed by atoms with van der Waals surface area (Å²) in [7, 11) is 0. The summed E-state index contributed by atoms with van der Waals surface area (Å²) in [6.45, 7) is 6.38. The maximum atomic E-state index is 4.96. The molecule has 1 saturated carbocycles. The summed E-state index contributed by atoms with van der Waals surface area (Å²) in [5.41, 5.74) is 3.92. The van der Waals surface area contributed by atoms with E-state index in [0.29, 0.717) is 11.8 Å². The molecule has 1 aromatic rings. The van der Waals surface area contributed by atoms with E-state index in [-0.39, 0.29) is 0 Å². The number of hydrogen-bond donors (Lipinski definition) is 1. The van der Waals surface area contributed by atoms with Crippen LogP contribution in [0.2, 0.25) is 0 Å². The molecule has 2 aliphatic rings. The van der Waals surface area contributed by atoms with Gasteiger partial charge in [-0.1, -0.05) is 39.5 Å². The Morgan fingerprint density at radius 1 is 1.00 bits per heavy atom. The van der Waals surface area contributed by atoms with Crippen molar-refractivity contribution in [2.75, 3.05) is 0 Å². The molecule has 1 aromatic heterocycles. The molecule has 19 heavy (non-hydrogen) atoms. The summed E-state index contributed by atoms with van der Waals surface area (Å²) in [6, 6.07) is 0. The second-order valence-corrected chi connectivity index (χ2v) is 6.34. The van der Waals surface area contributed by atoms with Gasteiger partial charge in [0, 0.05) is 24.6 Å². The first kappa shape index (κ1) is 13.0.